The Labute approximate surface area is 262 Å². The molecule has 7 aromatic carbocycles. The Kier molecular flexibility index (Phi) is 4.55. The van der Waals surface area contributed by atoms with Crippen LogP contribution in [0.4, 0.5) is 0 Å². The molecule has 0 saturated heterocycles. The van der Waals surface area contributed by atoms with E-state index >= 15 is 0 Å². The molecule has 0 atom stereocenters. The Morgan fingerprint density at radius 3 is 1.96 bits per heavy atom. The van der Waals surface area contributed by atoms with E-state index in [4.69, 9.17) is 9.97 Å². The van der Waals surface area contributed by atoms with Gasteiger partial charge in [0.1, 0.15) is 5.52 Å². The number of rotatable bonds is 2. The van der Waals surface area contributed by atoms with E-state index in [0.717, 1.165) is 38.8 Å². The molecule has 0 aliphatic heterocycles. The smallest absolute Gasteiger partial charge is 0.165 e. The fourth-order valence-electron chi connectivity index (χ4n) is 7.73. The maximum absolute atomic E-state index is 5.18. The van der Waals surface area contributed by atoms with Gasteiger partial charge in [0, 0.05) is 32.6 Å². The molecule has 0 aliphatic carbocycles. The molecule has 212 valence electrons. The number of hydrogen-bond acceptors (Lipinski definition) is 2. The molecule has 0 radical (unpaired) electrons. The van der Waals surface area contributed by atoms with Gasteiger partial charge < -0.3 is 4.57 Å². The molecule has 4 heterocycles. The van der Waals surface area contributed by atoms with Gasteiger partial charge in [-0.15, -0.1) is 0 Å². The van der Waals surface area contributed by atoms with E-state index < -0.39 is 0 Å². The van der Waals surface area contributed by atoms with Gasteiger partial charge in [0.15, 0.2) is 5.65 Å². The molecule has 11 rings (SSSR count). The molecule has 0 bridgehead atoms. The lowest BCUT2D eigenvalue weighted by Crippen LogP contribution is -1.93. The lowest BCUT2D eigenvalue weighted by Gasteiger charge is -2.09. The summed E-state index contributed by atoms with van der Waals surface area (Å²) in [7, 11) is 0. The summed E-state index contributed by atoms with van der Waals surface area (Å²) < 4.78 is 4.70. The number of fused-ring (bicyclic) bond motifs is 11. The average Bonchev–Trinajstić information content (AvgIpc) is 3.73. The summed E-state index contributed by atoms with van der Waals surface area (Å²) in [5.41, 5.74) is 12.0. The standard InChI is InChI=1S/C42H24N4/c1-2-12-29(13-3-1)45-38-19-18-27(21-31(38)32-20-25-10-4-5-11-26(25)24-39(32)45)28-22-33-30-14-6-9-17-37(30)46-41(33)34(23-28)40-42(46)44-36-16-8-7-15-35(36)43-40/h1-24H. The zero-order chi connectivity index (χ0) is 29.9. The van der Waals surface area contributed by atoms with E-state index in [1.165, 1.54) is 60.0 Å². The summed E-state index contributed by atoms with van der Waals surface area (Å²) in [5.74, 6) is 0. The fraction of sp³-hybridized carbons (Fsp3) is 0. The van der Waals surface area contributed by atoms with Crippen LogP contribution >= 0.6 is 0 Å². The number of hydrogen-bond donors (Lipinski definition) is 0. The summed E-state index contributed by atoms with van der Waals surface area (Å²) in [6, 6.07) is 52.4. The maximum atomic E-state index is 5.18. The van der Waals surface area contributed by atoms with Crippen molar-refractivity contribution in [2.45, 2.75) is 0 Å². The van der Waals surface area contributed by atoms with E-state index in [0.29, 0.717) is 0 Å². The van der Waals surface area contributed by atoms with Crippen LogP contribution in [0.3, 0.4) is 0 Å². The SMILES string of the molecule is c1ccc(-n2c3ccc(-c4cc5c6ccccc6n6c7nc8ccccc8nc7c(c4)c56)cc3c3cc4ccccc4cc32)cc1. The Morgan fingerprint density at radius 1 is 0.413 bits per heavy atom. The second-order valence-corrected chi connectivity index (χ2v) is 12.3. The predicted octanol–water partition coefficient (Wildman–Crippen LogP) is 10.7. The minimum absolute atomic E-state index is 0.908. The molecule has 4 nitrogen and oxygen atoms in total. The highest BCUT2D eigenvalue weighted by atomic mass is 15.0. The molecule has 0 saturated carbocycles. The molecule has 11 aromatic rings. The van der Waals surface area contributed by atoms with Crippen LogP contribution in [0.1, 0.15) is 0 Å². The van der Waals surface area contributed by atoms with Crippen LogP contribution in [0.5, 0.6) is 0 Å². The van der Waals surface area contributed by atoms with E-state index in [2.05, 4.69) is 136 Å². The van der Waals surface area contributed by atoms with Crippen molar-refractivity contribution in [2.75, 3.05) is 0 Å². The maximum Gasteiger partial charge on any atom is 0.165 e. The highest BCUT2D eigenvalue weighted by Crippen LogP contribution is 2.42. The van der Waals surface area contributed by atoms with Crippen molar-refractivity contribution < 1.29 is 0 Å². The molecule has 0 fully saturated rings. The van der Waals surface area contributed by atoms with Crippen LogP contribution in [-0.2, 0) is 0 Å². The molecular weight excluding hydrogens is 560 g/mol. The van der Waals surface area contributed by atoms with Crippen molar-refractivity contribution in [3.63, 3.8) is 0 Å². The van der Waals surface area contributed by atoms with E-state index in [9.17, 15) is 0 Å². The van der Waals surface area contributed by atoms with Gasteiger partial charge in [-0.05, 0) is 88.6 Å². The minimum Gasteiger partial charge on any atom is -0.309 e. The first-order chi connectivity index (χ1) is 22.8. The Hall–Kier alpha value is -6.26. The third-order valence-corrected chi connectivity index (χ3v) is 9.77. The van der Waals surface area contributed by atoms with Gasteiger partial charge >= 0.3 is 0 Å². The Morgan fingerprint density at radius 2 is 1.09 bits per heavy atom. The first kappa shape index (κ1) is 24.1. The number of nitrogens with zero attached hydrogens (tertiary/aromatic N) is 4. The number of aromatic nitrogens is 4. The van der Waals surface area contributed by atoms with Gasteiger partial charge in [0.2, 0.25) is 0 Å². The minimum atomic E-state index is 0.908. The van der Waals surface area contributed by atoms with Gasteiger partial charge in [-0.3, -0.25) is 4.40 Å². The van der Waals surface area contributed by atoms with Crippen LogP contribution in [0.2, 0.25) is 0 Å². The van der Waals surface area contributed by atoms with Crippen LogP contribution in [0, 0.1) is 0 Å². The molecular formula is C42H24N4. The molecule has 4 aromatic heterocycles. The van der Waals surface area contributed by atoms with Gasteiger partial charge in [-0.25, -0.2) is 9.97 Å². The first-order valence-electron chi connectivity index (χ1n) is 15.7. The molecule has 0 unspecified atom stereocenters. The number of benzene rings is 7. The molecule has 0 spiro atoms. The van der Waals surface area contributed by atoms with Crippen molar-refractivity contribution in [2.24, 2.45) is 0 Å². The Bertz CT molecular complexity index is 3020. The second-order valence-electron chi connectivity index (χ2n) is 12.3. The summed E-state index contributed by atoms with van der Waals surface area (Å²) in [5, 5.41) is 8.58. The highest BCUT2D eigenvalue weighted by Gasteiger charge is 2.22. The molecule has 0 N–H and O–H groups in total. The fourth-order valence-corrected chi connectivity index (χ4v) is 7.73. The predicted molar refractivity (Wildman–Crippen MR) is 191 cm³/mol. The van der Waals surface area contributed by atoms with Crippen LogP contribution in [-0.4, -0.2) is 18.9 Å². The highest BCUT2D eigenvalue weighted by molar-refractivity contribution is 6.24. The molecule has 4 heteroatoms. The van der Waals surface area contributed by atoms with Crippen molar-refractivity contribution in [1.29, 1.82) is 0 Å². The van der Waals surface area contributed by atoms with Crippen LogP contribution in [0.15, 0.2) is 146 Å². The van der Waals surface area contributed by atoms with Crippen molar-refractivity contribution in [3.05, 3.63) is 146 Å². The summed E-state index contributed by atoms with van der Waals surface area (Å²) >= 11 is 0. The topological polar surface area (TPSA) is 35.1 Å². The summed E-state index contributed by atoms with van der Waals surface area (Å²) in [4.78, 5) is 10.3. The largest absolute Gasteiger partial charge is 0.309 e. The third-order valence-electron chi connectivity index (χ3n) is 9.77. The summed E-state index contributed by atoms with van der Waals surface area (Å²) in [6.45, 7) is 0. The zero-order valence-electron chi connectivity index (χ0n) is 24.6. The van der Waals surface area contributed by atoms with E-state index in [-0.39, 0.29) is 0 Å². The summed E-state index contributed by atoms with van der Waals surface area (Å²) in [6.07, 6.45) is 0. The zero-order valence-corrected chi connectivity index (χ0v) is 24.6. The molecule has 0 aliphatic rings. The average molecular weight is 585 g/mol. The normalized spacial score (nSPS) is 12.3. The van der Waals surface area contributed by atoms with Crippen LogP contribution < -0.4 is 0 Å². The lowest BCUT2D eigenvalue weighted by atomic mass is 9.98. The monoisotopic (exact) mass is 584 g/mol. The van der Waals surface area contributed by atoms with Crippen molar-refractivity contribution in [1.82, 2.24) is 18.9 Å². The molecule has 46 heavy (non-hydrogen) atoms. The van der Waals surface area contributed by atoms with Gasteiger partial charge in [0.25, 0.3) is 0 Å². The quantitative estimate of drug-likeness (QED) is 0.203. The lowest BCUT2D eigenvalue weighted by molar-refractivity contribution is 1.18. The van der Waals surface area contributed by atoms with Crippen LogP contribution in [0.25, 0.3) is 98.8 Å². The van der Waals surface area contributed by atoms with Crippen molar-refractivity contribution in [3.8, 4) is 16.8 Å². The van der Waals surface area contributed by atoms with Crippen molar-refractivity contribution >= 4 is 82.0 Å². The van der Waals surface area contributed by atoms with Gasteiger partial charge in [-0.1, -0.05) is 78.9 Å². The van der Waals surface area contributed by atoms with Gasteiger partial charge in [0.05, 0.1) is 33.1 Å². The third kappa shape index (κ3) is 3.12. The first-order valence-corrected chi connectivity index (χ1v) is 15.7. The number of para-hydroxylation sites is 4. The Balaban J connectivity index is 1.25. The van der Waals surface area contributed by atoms with E-state index in [1.807, 2.05) is 18.2 Å². The van der Waals surface area contributed by atoms with E-state index in [1.54, 1.807) is 0 Å². The second kappa shape index (κ2) is 8.68. The van der Waals surface area contributed by atoms with Gasteiger partial charge in [-0.2, -0.15) is 0 Å². The molecule has 0 amide bonds.